The van der Waals surface area contributed by atoms with Crippen LogP contribution in [-0.4, -0.2) is 24.1 Å². The number of halogens is 2. The van der Waals surface area contributed by atoms with Crippen LogP contribution in [0.3, 0.4) is 0 Å². The molecule has 0 radical (unpaired) electrons. The van der Waals surface area contributed by atoms with Crippen LogP contribution in [0.5, 0.6) is 5.75 Å². The van der Waals surface area contributed by atoms with Gasteiger partial charge in [-0.05, 0) is 36.2 Å². The number of rotatable bonds is 4. The Morgan fingerprint density at radius 2 is 1.76 bits per heavy atom. The zero-order valence-electron chi connectivity index (χ0n) is 11.7. The van der Waals surface area contributed by atoms with Crippen molar-refractivity contribution in [2.24, 2.45) is 0 Å². The molecule has 1 aliphatic heterocycles. The van der Waals surface area contributed by atoms with E-state index < -0.39 is 0 Å². The number of ether oxygens (including phenoxy) is 1. The quantitative estimate of drug-likeness (QED) is 0.849. The molecule has 112 valence electrons. The molecule has 1 heterocycles. The van der Waals surface area contributed by atoms with Gasteiger partial charge in [-0.15, -0.1) is 12.4 Å². The van der Waals surface area contributed by atoms with Crippen LogP contribution in [0.25, 0.3) is 0 Å². The first-order valence-electron chi connectivity index (χ1n) is 6.98. The third-order valence-electron chi connectivity index (χ3n) is 3.59. The molecule has 4 heteroatoms. The van der Waals surface area contributed by atoms with Crippen molar-refractivity contribution in [3.63, 3.8) is 0 Å². The van der Waals surface area contributed by atoms with Gasteiger partial charge in [0.2, 0.25) is 0 Å². The summed E-state index contributed by atoms with van der Waals surface area (Å²) in [6, 6.07) is 16.7. The molecule has 2 aromatic carbocycles. The summed E-state index contributed by atoms with van der Waals surface area (Å²) in [5.74, 6) is 0.521. The summed E-state index contributed by atoms with van der Waals surface area (Å²) in [6.45, 7) is 2.93. The van der Waals surface area contributed by atoms with Crippen LogP contribution in [0, 0.1) is 5.82 Å². The molecule has 21 heavy (non-hydrogen) atoms. The lowest BCUT2D eigenvalue weighted by Gasteiger charge is -2.17. The summed E-state index contributed by atoms with van der Waals surface area (Å²) in [6.07, 6.45) is 1.22. The van der Waals surface area contributed by atoms with Gasteiger partial charge < -0.3 is 4.74 Å². The molecule has 0 amide bonds. The first-order chi connectivity index (χ1) is 9.79. The van der Waals surface area contributed by atoms with Crippen molar-refractivity contribution in [2.75, 3.05) is 13.1 Å². The third kappa shape index (κ3) is 4.45. The van der Waals surface area contributed by atoms with Gasteiger partial charge in [-0.3, -0.25) is 4.90 Å². The highest BCUT2D eigenvalue weighted by Gasteiger charge is 2.23. The molecule has 0 spiro atoms. The van der Waals surface area contributed by atoms with Gasteiger partial charge in [-0.25, -0.2) is 4.39 Å². The fraction of sp³-hybridized carbons (Fsp3) is 0.294. The third-order valence-corrected chi connectivity index (χ3v) is 3.59. The Balaban J connectivity index is 0.00000161. The predicted molar refractivity (Wildman–Crippen MR) is 84.4 cm³/mol. The minimum Gasteiger partial charge on any atom is -0.489 e. The van der Waals surface area contributed by atoms with Crippen molar-refractivity contribution in [1.82, 2.24) is 4.90 Å². The number of likely N-dealkylation sites (tertiary alicyclic amines) is 1. The Morgan fingerprint density at radius 1 is 1.05 bits per heavy atom. The maximum Gasteiger partial charge on any atom is 0.123 e. The van der Waals surface area contributed by atoms with E-state index >= 15 is 0 Å². The van der Waals surface area contributed by atoms with Gasteiger partial charge >= 0.3 is 0 Å². The number of hydrogen-bond acceptors (Lipinski definition) is 2. The average molecular weight is 308 g/mol. The molecule has 0 bridgehead atoms. The zero-order valence-corrected chi connectivity index (χ0v) is 12.6. The first kappa shape index (κ1) is 15.8. The first-order valence-corrected chi connectivity index (χ1v) is 6.98. The summed E-state index contributed by atoms with van der Waals surface area (Å²) < 4.78 is 18.7. The van der Waals surface area contributed by atoms with E-state index in [1.54, 1.807) is 12.1 Å². The Kier molecular flexibility index (Phi) is 5.59. The van der Waals surface area contributed by atoms with Crippen molar-refractivity contribution < 1.29 is 9.13 Å². The number of benzene rings is 2. The van der Waals surface area contributed by atoms with E-state index in [9.17, 15) is 4.39 Å². The molecular formula is C17H19ClFNO. The molecule has 1 atom stereocenters. The summed E-state index contributed by atoms with van der Waals surface area (Å²) in [7, 11) is 0. The van der Waals surface area contributed by atoms with Gasteiger partial charge in [0.1, 0.15) is 17.7 Å². The standard InChI is InChI=1S/C17H18FNO.ClH/c18-15-6-8-16(9-7-15)20-17-10-11-19(13-17)12-14-4-2-1-3-5-14;/h1-9,17H,10-13H2;1H. The van der Waals surface area contributed by atoms with Gasteiger partial charge in [0.25, 0.3) is 0 Å². The van der Waals surface area contributed by atoms with Crippen LogP contribution in [0.2, 0.25) is 0 Å². The molecule has 1 aliphatic rings. The summed E-state index contributed by atoms with van der Waals surface area (Å²) in [5, 5.41) is 0. The van der Waals surface area contributed by atoms with Crippen LogP contribution >= 0.6 is 12.4 Å². The van der Waals surface area contributed by atoms with E-state index in [1.165, 1.54) is 17.7 Å². The normalized spacial score (nSPS) is 18.2. The van der Waals surface area contributed by atoms with Gasteiger partial charge in [0.05, 0.1) is 0 Å². The second-order valence-electron chi connectivity index (χ2n) is 5.20. The zero-order chi connectivity index (χ0) is 13.8. The van der Waals surface area contributed by atoms with E-state index in [2.05, 4.69) is 29.2 Å². The van der Waals surface area contributed by atoms with Gasteiger partial charge in [0.15, 0.2) is 0 Å². The van der Waals surface area contributed by atoms with E-state index in [-0.39, 0.29) is 24.3 Å². The minimum absolute atomic E-state index is 0. The van der Waals surface area contributed by atoms with E-state index in [0.29, 0.717) is 0 Å². The second-order valence-corrected chi connectivity index (χ2v) is 5.20. The Morgan fingerprint density at radius 3 is 2.48 bits per heavy atom. The number of hydrogen-bond donors (Lipinski definition) is 0. The van der Waals surface area contributed by atoms with Crippen LogP contribution < -0.4 is 4.74 Å². The predicted octanol–water partition coefficient (Wildman–Crippen LogP) is 3.90. The summed E-state index contributed by atoms with van der Waals surface area (Å²) in [5.41, 5.74) is 1.33. The van der Waals surface area contributed by atoms with Crippen molar-refractivity contribution >= 4 is 12.4 Å². The van der Waals surface area contributed by atoms with Crippen LogP contribution in [0.4, 0.5) is 4.39 Å². The highest BCUT2D eigenvalue weighted by molar-refractivity contribution is 5.85. The fourth-order valence-electron chi connectivity index (χ4n) is 2.58. The van der Waals surface area contributed by atoms with Crippen molar-refractivity contribution in [1.29, 1.82) is 0 Å². The van der Waals surface area contributed by atoms with Crippen molar-refractivity contribution in [3.8, 4) is 5.75 Å². The van der Waals surface area contributed by atoms with E-state index in [0.717, 1.165) is 31.8 Å². The average Bonchev–Trinajstić information content (AvgIpc) is 2.90. The van der Waals surface area contributed by atoms with E-state index in [4.69, 9.17) is 4.74 Å². The van der Waals surface area contributed by atoms with Gasteiger partial charge in [-0.1, -0.05) is 30.3 Å². The maximum absolute atomic E-state index is 12.8. The van der Waals surface area contributed by atoms with Crippen LogP contribution in [0.1, 0.15) is 12.0 Å². The molecule has 0 N–H and O–H groups in total. The smallest absolute Gasteiger partial charge is 0.123 e. The molecule has 3 rings (SSSR count). The lowest BCUT2D eigenvalue weighted by atomic mass is 10.2. The summed E-state index contributed by atoms with van der Waals surface area (Å²) >= 11 is 0. The largest absolute Gasteiger partial charge is 0.489 e. The van der Waals surface area contributed by atoms with Crippen molar-refractivity contribution in [3.05, 3.63) is 66.0 Å². The molecule has 2 aromatic rings. The molecule has 1 unspecified atom stereocenters. The van der Waals surface area contributed by atoms with Crippen molar-refractivity contribution in [2.45, 2.75) is 19.1 Å². The highest BCUT2D eigenvalue weighted by atomic mass is 35.5. The molecule has 0 aliphatic carbocycles. The maximum atomic E-state index is 12.8. The molecule has 1 saturated heterocycles. The SMILES string of the molecule is Cl.Fc1ccc(OC2CCN(Cc3ccccc3)C2)cc1. The topological polar surface area (TPSA) is 12.5 Å². The van der Waals surface area contributed by atoms with Gasteiger partial charge in [-0.2, -0.15) is 0 Å². The lowest BCUT2D eigenvalue weighted by molar-refractivity contribution is 0.198. The fourth-order valence-corrected chi connectivity index (χ4v) is 2.58. The molecule has 0 aromatic heterocycles. The molecular weight excluding hydrogens is 289 g/mol. The van der Waals surface area contributed by atoms with Crippen LogP contribution in [0.15, 0.2) is 54.6 Å². The Bertz CT molecular complexity index is 546. The number of nitrogens with zero attached hydrogens (tertiary/aromatic N) is 1. The monoisotopic (exact) mass is 307 g/mol. The molecule has 2 nitrogen and oxygen atoms in total. The molecule has 1 fully saturated rings. The Labute approximate surface area is 130 Å². The van der Waals surface area contributed by atoms with Crippen LogP contribution in [-0.2, 0) is 6.54 Å². The Hall–Kier alpha value is -1.58. The minimum atomic E-state index is -0.227. The second kappa shape index (κ2) is 7.43. The highest BCUT2D eigenvalue weighted by Crippen LogP contribution is 2.20. The molecule has 0 saturated carbocycles. The lowest BCUT2D eigenvalue weighted by Crippen LogP contribution is -2.24. The van der Waals surface area contributed by atoms with Gasteiger partial charge in [0, 0.05) is 19.6 Å². The van der Waals surface area contributed by atoms with E-state index in [1.807, 2.05) is 6.07 Å². The summed E-state index contributed by atoms with van der Waals surface area (Å²) in [4.78, 5) is 2.39.